The van der Waals surface area contributed by atoms with E-state index < -0.39 is 5.91 Å². The smallest absolute Gasteiger partial charge is 0.252 e. The lowest BCUT2D eigenvalue weighted by Crippen LogP contribution is -2.13. The van der Waals surface area contributed by atoms with Gasteiger partial charge in [0, 0.05) is 0 Å². The monoisotopic (exact) mass is 274 g/mol. The maximum absolute atomic E-state index is 11.2. The Kier molecular flexibility index (Phi) is 3.67. The topological polar surface area (TPSA) is 104 Å². The first kappa shape index (κ1) is 12.9. The number of para-hydroxylation sites is 1. The van der Waals surface area contributed by atoms with E-state index in [0.717, 1.165) is 0 Å². The summed E-state index contributed by atoms with van der Waals surface area (Å²) in [6.07, 6.45) is 2.76. The van der Waals surface area contributed by atoms with E-state index in [0.29, 0.717) is 11.4 Å². The fourth-order valence-corrected chi connectivity index (χ4v) is 1.47. The fourth-order valence-electron chi connectivity index (χ4n) is 1.37. The average Bonchev–Trinajstić information content (AvgIpc) is 2.39. The highest BCUT2D eigenvalue weighted by Gasteiger charge is 2.10. The highest BCUT2D eigenvalue weighted by atomic mass is 32.1. The molecule has 2 rings (SSSR count). The lowest BCUT2D eigenvalue weighted by atomic mass is 10.2. The molecule has 6 nitrogen and oxygen atoms in total. The Hall–Kier alpha value is -2.54. The highest BCUT2D eigenvalue weighted by Crippen LogP contribution is 2.22. The Morgan fingerprint density at radius 2 is 1.89 bits per heavy atom. The Labute approximate surface area is 114 Å². The zero-order chi connectivity index (χ0) is 13.8. The van der Waals surface area contributed by atoms with Gasteiger partial charge in [-0.05, 0) is 12.1 Å². The van der Waals surface area contributed by atoms with Crippen LogP contribution < -0.4 is 16.2 Å². The van der Waals surface area contributed by atoms with E-state index in [2.05, 4.69) is 9.97 Å². The summed E-state index contributed by atoms with van der Waals surface area (Å²) in [5.74, 6) is -0.0515. The molecule has 0 bridgehead atoms. The van der Waals surface area contributed by atoms with E-state index in [1.807, 2.05) is 0 Å². The predicted molar refractivity (Wildman–Crippen MR) is 73.0 cm³/mol. The lowest BCUT2D eigenvalue weighted by Gasteiger charge is -2.07. The van der Waals surface area contributed by atoms with Crippen LogP contribution in [0.25, 0.3) is 0 Å². The second-order valence-corrected chi connectivity index (χ2v) is 4.01. The second kappa shape index (κ2) is 5.40. The van der Waals surface area contributed by atoms with Crippen LogP contribution in [-0.4, -0.2) is 20.9 Å². The van der Waals surface area contributed by atoms with Crippen LogP contribution in [0.2, 0.25) is 0 Å². The molecule has 96 valence electrons. The van der Waals surface area contributed by atoms with Gasteiger partial charge in [0.15, 0.2) is 0 Å². The molecule has 7 heteroatoms. The zero-order valence-corrected chi connectivity index (χ0v) is 10.6. The van der Waals surface area contributed by atoms with Gasteiger partial charge in [0.25, 0.3) is 5.91 Å². The van der Waals surface area contributed by atoms with Crippen molar-refractivity contribution in [3.63, 3.8) is 0 Å². The van der Waals surface area contributed by atoms with Crippen molar-refractivity contribution >= 4 is 23.1 Å². The van der Waals surface area contributed by atoms with Crippen LogP contribution in [0, 0.1) is 0 Å². The predicted octanol–water partition coefficient (Wildman–Crippen LogP) is 1.00. The first-order chi connectivity index (χ1) is 9.08. The molecule has 0 saturated carbocycles. The van der Waals surface area contributed by atoms with Gasteiger partial charge < -0.3 is 16.2 Å². The number of nitrogens with two attached hydrogens (primary N) is 2. The van der Waals surface area contributed by atoms with Crippen molar-refractivity contribution in [2.24, 2.45) is 11.5 Å². The highest BCUT2D eigenvalue weighted by molar-refractivity contribution is 7.80. The molecule has 0 radical (unpaired) electrons. The summed E-state index contributed by atoms with van der Waals surface area (Å²) in [6.45, 7) is 0. The minimum Gasteiger partial charge on any atom is -0.437 e. The fraction of sp³-hybridized carbons (Fsp3) is 0. The van der Waals surface area contributed by atoms with E-state index in [1.165, 1.54) is 12.4 Å². The Morgan fingerprint density at radius 1 is 1.16 bits per heavy atom. The number of hydrogen-bond acceptors (Lipinski definition) is 5. The number of amides is 1. The number of benzene rings is 1. The molecular formula is C12H10N4O2S. The van der Waals surface area contributed by atoms with Crippen molar-refractivity contribution in [1.82, 2.24) is 9.97 Å². The SMILES string of the molecule is NC(=O)c1ccccc1Oc1cnc(C(N)=S)cn1. The van der Waals surface area contributed by atoms with Gasteiger partial charge in [0.2, 0.25) is 5.88 Å². The number of primary amides is 1. The van der Waals surface area contributed by atoms with Crippen LogP contribution in [0.3, 0.4) is 0 Å². The number of nitrogens with zero attached hydrogens (tertiary/aromatic N) is 2. The summed E-state index contributed by atoms with van der Waals surface area (Å²) >= 11 is 4.76. The summed E-state index contributed by atoms with van der Waals surface area (Å²) in [6, 6.07) is 6.59. The molecule has 0 aliphatic carbocycles. The van der Waals surface area contributed by atoms with Crippen LogP contribution in [0.4, 0.5) is 0 Å². The number of hydrogen-bond donors (Lipinski definition) is 2. The van der Waals surface area contributed by atoms with E-state index >= 15 is 0 Å². The maximum Gasteiger partial charge on any atom is 0.252 e. The van der Waals surface area contributed by atoms with Crippen molar-refractivity contribution in [1.29, 1.82) is 0 Å². The Morgan fingerprint density at radius 3 is 2.47 bits per heavy atom. The van der Waals surface area contributed by atoms with Gasteiger partial charge in [-0.25, -0.2) is 9.97 Å². The molecule has 1 heterocycles. The molecule has 1 aromatic heterocycles. The number of ether oxygens (including phenoxy) is 1. The summed E-state index contributed by atoms with van der Waals surface area (Å²) < 4.78 is 5.45. The third-order valence-electron chi connectivity index (χ3n) is 2.25. The van der Waals surface area contributed by atoms with Gasteiger partial charge in [-0.1, -0.05) is 24.4 Å². The van der Waals surface area contributed by atoms with Gasteiger partial charge in [0.05, 0.1) is 18.0 Å². The molecule has 0 atom stereocenters. The summed E-state index contributed by atoms with van der Waals surface area (Å²) in [7, 11) is 0. The van der Waals surface area contributed by atoms with Crippen molar-refractivity contribution < 1.29 is 9.53 Å². The molecule has 0 fully saturated rings. The number of rotatable bonds is 4. The summed E-state index contributed by atoms with van der Waals surface area (Å²) in [4.78, 5) is 19.3. The van der Waals surface area contributed by atoms with Gasteiger partial charge >= 0.3 is 0 Å². The van der Waals surface area contributed by atoms with Crippen LogP contribution in [0.5, 0.6) is 11.6 Å². The van der Waals surface area contributed by atoms with E-state index in [1.54, 1.807) is 24.3 Å². The van der Waals surface area contributed by atoms with Gasteiger partial charge in [-0.15, -0.1) is 0 Å². The molecule has 0 saturated heterocycles. The molecule has 0 spiro atoms. The van der Waals surface area contributed by atoms with Crippen molar-refractivity contribution in [2.45, 2.75) is 0 Å². The minimum absolute atomic E-state index is 0.150. The van der Waals surface area contributed by atoms with Gasteiger partial charge in [-0.2, -0.15) is 0 Å². The summed E-state index contributed by atoms with van der Waals surface area (Å²) in [5.41, 5.74) is 11.3. The van der Waals surface area contributed by atoms with Crippen LogP contribution in [0.15, 0.2) is 36.7 Å². The van der Waals surface area contributed by atoms with Crippen molar-refractivity contribution in [2.75, 3.05) is 0 Å². The first-order valence-electron chi connectivity index (χ1n) is 5.26. The van der Waals surface area contributed by atoms with Gasteiger partial charge in [0.1, 0.15) is 16.4 Å². The molecule has 0 aliphatic heterocycles. The second-order valence-electron chi connectivity index (χ2n) is 3.57. The van der Waals surface area contributed by atoms with Crippen LogP contribution in [-0.2, 0) is 0 Å². The third-order valence-corrected chi connectivity index (χ3v) is 2.46. The third kappa shape index (κ3) is 3.02. The van der Waals surface area contributed by atoms with Gasteiger partial charge in [-0.3, -0.25) is 4.79 Å². The zero-order valence-electron chi connectivity index (χ0n) is 9.74. The standard InChI is InChI=1S/C12H10N4O2S/c13-11(17)7-3-1-2-4-9(7)18-10-6-15-8(5-16-10)12(14)19/h1-6H,(H2,13,17)(H2,14,19). The minimum atomic E-state index is -0.580. The normalized spacial score (nSPS) is 9.89. The van der Waals surface area contributed by atoms with Crippen LogP contribution in [0.1, 0.15) is 16.1 Å². The first-order valence-corrected chi connectivity index (χ1v) is 5.67. The number of carbonyl (C=O) groups excluding carboxylic acids is 1. The maximum atomic E-state index is 11.2. The molecule has 0 unspecified atom stereocenters. The van der Waals surface area contributed by atoms with E-state index in [4.69, 9.17) is 28.4 Å². The molecule has 4 N–H and O–H groups in total. The average molecular weight is 274 g/mol. The molecular weight excluding hydrogens is 264 g/mol. The number of aromatic nitrogens is 2. The van der Waals surface area contributed by atoms with E-state index in [9.17, 15) is 4.79 Å². The molecule has 1 aromatic carbocycles. The lowest BCUT2D eigenvalue weighted by molar-refractivity contribution is 0.0998. The largest absolute Gasteiger partial charge is 0.437 e. The number of carbonyl (C=O) groups is 1. The summed E-state index contributed by atoms with van der Waals surface area (Å²) in [5, 5.41) is 0. The Bertz CT molecular complexity index is 628. The Balaban J connectivity index is 2.26. The van der Waals surface area contributed by atoms with Crippen molar-refractivity contribution in [3.05, 3.63) is 47.9 Å². The molecule has 0 aliphatic rings. The molecule has 2 aromatic rings. The van der Waals surface area contributed by atoms with Crippen LogP contribution >= 0.6 is 12.2 Å². The number of thiocarbonyl (C=S) groups is 1. The molecule has 1 amide bonds. The molecule has 19 heavy (non-hydrogen) atoms. The van der Waals surface area contributed by atoms with E-state index in [-0.39, 0.29) is 16.4 Å². The van der Waals surface area contributed by atoms with Crippen molar-refractivity contribution in [3.8, 4) is 11.6 Å². The quantitative estimate of drug-likeness (QED) is 0.806.